The number of ether oxygens (including phenoxy) is 1. The Labute approximate surface area is 171 Å². The van der Waals surface area contributed by atoms with Crippen LogP contribution in [0.5, 0.6) is 0 Å². The number of fused-ring (bicyclic) bond motifs is 3. The number of carbonyl (C=O) groups is 2. The van der Waals surface area contributed by atoms with Crippen LogP contribution in [0, 0.1) is 5.41 Å². The third-order valence-corrected chi connectivity index (χ3v) is 5.88. The molecule has 3 fully saturated rings. The number of hydrogen-bond acceptors (Lipinski definition) is 9. The van der Waals surface area contributed by atoms with Crippen LogP contribution < -0.4 is 11.2 Å². The van der Waals surface area contributed by atoms with Gasteiger partial charge in [0.15, 0.2) is 0 Å². The molecule has 3 amide bonds. The lowest BCUT2D eigenvalue weighted by Crippen LogP contribution is -2.63. The molecule has 4 heterocycles. The standard InChI is InChI=1S/C16H21N5O8S/c17-10(11-3-1-2-4-18-11)7-28-19-14(22)12-5-16(8-27-9-16)13-6-20(12)15(23)21(13)29-30(24,25)26/h1-4,10,12-13H,5-9,17H2,(H,19,22)(H,24,25,26)/t10?,12-,13-/m0/s1. The quantitative estimate of drug-likeness (QED) is 0.341. The van der Waals surface area contributed by atoms with Crippen molar-refractivity contribution in [1.82, 2.24) is 20.4 Å². The van der Waals surface area contributed by atoms with Crippen molar-refractivity contribution in [3.05, 3.63) is 30.1 Å². The van der Waals surface area contributed by atoms with Crippen LogP contribution in [0.4, 0.5) is 4.79 Å². The van der Waals surface area contributed by atoms with Crippen molar-refractivity contribution in [2.45, 2.75) is 24.5 Å². The molecule has 3 aliphatic heterocycles. The number of pyridine rings is 1. The van der Waals surface area contributed by atoms with Gasteiger partial charge in [-0.3, -0.25) is 19.2 Å². The minimum absolute atomic E-state index is 0.0434. The summed E-state index contributed by atoms with van der Waals surface area (Å²) >= 11 is 0. The summed E-state index contributed by atoms with van der Waals surface area (Å²) in [4.78, 5) is 35.9. The van der Waals surface area contributed by atoms with Gasteiger partial charge in [-0.15, -0.1) is 4.28 Å². The van der Waals surface area contributed by atoms with Gasteiger partial charge >= 0.3 is 16.4 Å². The number of hydroxylamine groups is 3. The maximum atomic E-state index is 12.7. The van der Waals surface area contributed by atoms with Crippen LogP contribution in [0.15, 0.2) is 24.4 Å². The van der Waals surface area contributed by atoms with Crippen molar-refractivity contribution in [2.75, 3.05) is 26.4 Å². The van der Waals surface area contributed by atoms with Crippen LogP contribution in [0.3, 0.4) is 0 Å². The van der Waals surface area contributed by atoms with Crippen molar-refractivity contribution in [3.63, 3.8) is 0 Å². The van der Waals surface area contributed by atoms with Gasteiger partial charge in [-0.1, -0.05) is 6.07 Å². The summed E-state index contributed by atoms with van der Waals surface area (Å²) in [6, 6.07) is 2.23. The Morgan fingerprint density at radius 3 is 2.83 bits per heavy atom. The summed E-state index contributed by atoms with van der Waals surface area (Å²) in [5.41, 5.74) is 8.19. The Hall–Kier alpha value is -2.36. The van der Waals surface area contributed by atoms with E-state index in [0.29, 0.717) is 10.8 Å². The van der Waals surface area contributed by atoms with E-state index < -0.39 is 45.9 Å². The second-order valence-electron chi connectivity index (χ2n) is 7.49. The molecule has 3 atom stereocenters. The largest absolute Gasteiger partial charge is 0.418 e. The first-order valence-electron chi connectivity index (χ1n) is 9.13. The van der Waals surface area contributed by atoms with Crippen LogP contribution in [-0.2, 0) is 29.1 Å². The van der Waals surface area contributed by atoms with Gasteiger partial charge in [0, 0.05) is 18.2 Å². The van der Waals surface area contributed by atoms with Gasteiger partial charge < -0.3 is 15.4 Å². The molecule has 30 heavy (non-hydrogen) atoms. The van der Waals surface area contributed by atoms with Crippen LogP contribution in [0.2, 0.25) is 0 Å². The molecular weight excluding hydrogens is 422 g/mol. The molecule has 0 radical (unpaired) electrons. The average molecular weight is 443 g/mol. The van der Waals surface area contributed by atoms with E-state index in [1.165, 1.54) is 4.90 Å². The Balaban J connectivity index is 1.42. The van der Waals surface area contributed by atoms with Gasteiger partial charge in [-0.05, 0) is 18.6 Å². The van der Waals surface area contributed by atoms with E-state index in [2.05, 4.69) is 14.7 Å². The summed E-state index contributed by atoms with van der Waals surface area (Å²) in [5.74, 6) is -0.588. The number of aromatic nitrogens is 1. The molecule has 0 aromatic carbocycles. The number of piperidine rings is 1. The van der Waals surface area contributed by atoms with Gasteiger partial charge in [0.1, 0.15) is 6.04 Å². The summed E-state index contributed by atoms with van der Waals surface area (Å²) < 4.78 is 41.0. The topological polar surface area (TPSA) is 174 Å². The third-order valence-electron chi connectivity index (χ3n) is 5.53. The lowest BCUT2D eigenvalue weighted by molar-refractivity contribution is -0.194. The SMILES string of the molecule is NC(CONC(=O)[C@@H]1CC2(COC2)[C@@H]2CN1C(=O)N2OS(=O)(=O)O)c1ccccn1. The molecule has 2 bridgehead atoms. The van der Waals surface area contributed by atoms with E-state index in [0.717, 1.165) is 0 Å². The number of nitrogens with two attached hydrogens (primary N) is 1. The summed E-state index contributed by atoms with van der Waals surface area (Å²) in [6.07, 6.45) is 1.81. The minimum atomic E-state index is -4.91. The van der Waals surface area contributed by atoms with Gasteiger partial charge in [-0.2, -0.15) is 13.5 Å². The zero-order valence-electron chi connectivity index (χ0n) is 15.7. The molecule has 14 heteroatoms. The summed E-state index contributed by atoms with van der Waals surface area (Å²) in [5, 5.41) is 0.600. The van der Waals surface area contributed by atoms with Crippen molar-refractivity contribution in [3.8, 4) is 0 Å². The lowest BCUT2D eigenvalue weighted by atomic mass is 9.71. The molecule has 0 aliphatic carbocycles. The third kappa shape index (κ3) is 3.84. The number of nitrogens with zero attached hydrogens (tertiary/aromatic N) is 3. The minimum Gasteiger partial charge on any atom is -0.380 e. The highest BCUT2D eigenvalue weighted by Crippen LogP contribution is 2.47. The molecule has 1 unspecified atom stereocenters. The van der Waals surface area contributed by atoms with E-state index >= 15 is 0 Å². The second kappa shape index (κ2) is 7.72. The predicted octanol–water partition coefficient (Wildman–Crippen LogP) is -1.24. The number of rotatable bonds is 7. The molecule has 4 N–H and O–H groups in total. The normalized spacial score (nSPS) is 25.9. The number of hydrogen-bond donors (Lipinski definition) is 3. The highest BCUT2D eigenvalue weighted by atomic mass is 32.3. The van der Waals surface area contributed by atoms with Crippen molar-refractivity contribution >= 4 is 22.3 Å². The smallest absolute Gasteiger partial charge is 0.380 e. The molecule has 1 spiro atoms. The second-order valence-corrected chi connectivity index (χ2v) is 8.50. The molecule has 164 valence electrons. The average Bonchev–Trinajstić information content (AvgIpc) is 2.93. The zero-order valence-corrected chi connectivity index (χ0v) is 16.5. The number of urea groups is 1. The fourth-order valence-electron chi connectivity index (χ4n) is 3.98. The van der Waals surface area contributed by atoms with E-state index in [4.69, 9.17) is 19.9 Å². The van der Waals surface area contributed by atoms with Gasteiger partial charge in [0.2, 0.25) is 0 Å². The van der Waals surface area contributed by atoms with Gasteiger partial charge in [0.05, 0.1) is 37.6 Å². The molecule has 4 rings (SSSR count). The molecule has 3 saturated heterocycles. The van der Waals surface area contributed by atoms with E-state index in [1.54, 1.807) is 24.4 Å². The Bertz CT molecular complexity index is 925. The summed E-state index contributed by atoms with van der Waals surface area (Å²) in [6.45, 7) is 0.445. The maximum absolute atomic E-state index is 12.7. The van der Waals surface area contributed by atoms with E-state index in [-0.39, 0.29) is 32.8 Å². The van der Waals surface area contributed by atoms with E-state index in [1.807, 2.05) is 0 Å². The number of nitrogens with one attached hydrogen (secondary N) is 1. The van der Waals surface area contributed by atoms with Crippen LogP contribution in [0.25, 0.3) is 0 Å². The first-order valence-corrected chi connectivity index (χ1v) is 10.5. The molecule has 0 saturated carbocycles. The predicted molar refractivity (Wildman–Crippen MR) is 97.3 cm³/mol. The Morgan fingerprint density at radius 1 is 1.47 bits per heavy atom. The van der Waals surface area contributed by atoms with Gasteiger partial charge in [-0.25, -0.2) is 10.3 Å². The van der Waals surface area contributed by atoms with Gasteiger partial charge in [0.25, 0.3) is 5.91 Å². The fourth-order valence-corrected chi connectivity index (χ4v) is 4.35. The van der Waals surface area contributed by atoms with Crippen LogP contribution >= 0.6 is 0 Å². The van der Waals surface area contributed by atoms with E-state index in [9.17, 15) is 18.0 Å². The molecule has 3 aliphatic rings. The Kier molecular flexibility index (Phi) is 5.37. The molecular formula is C16H21N5O8S. The maximum Gasteiger partial charge on any atom is 0.418 e. The van der Waals surface area contributed by atoms with Crippen molar-refractivity contribution < 1.29 is 36.4 Å². The summed E-state index contributed by atoms with van der Waals surface area (Å²) in [7, 11) is -4.91. The first kappa shape index (κ1) is 20.9. The molecule has 1 aromatic rings. The fraction of sp³-hybridized carbons (Fsp3) is 0.562. The number of carbonyl (C=O) groups excluding carboxylic acids is 2. The zero-order chi connectivity index (χ0) is 21.5. The monoisotopic (exact) mass is 443 g/mol. The Morgan fingerprint density at radius 2 is 2.23 bits per heavy atom. The molecule has 1 aromatic heterocycles. The lowest BCUT2D eigenvalue weighted by Gasteiger charge is -2.50. The first-order chi connectivity index (χ1) is 14.2. The van der Waals surface area contributed by atoms with Crippen LogP contribution in [0.1, 0.15) is 18.2 Å². The van der Waals surface area contributed by atoms with Crippen LogP contribution in [-0.4, -0.2) is 78.3 Å². The number of amides is 3. The highest BCUT2D eigenvalue weighted by molar-refractivity contribution is 7.80. The van der Waals surface area contributed by atoms with Crippen molar-refractivity contribution in [1.29, 1.82) is 0 Å². The van der Waals surface area contributed by atoms with Crippen molar-refractivity contribution in [2.24, 2.45) is 11.1 Å². The molecule has 13 nitrogen and oxygen atoms in total. The highest BCUT2D eigenvalue weighted by Gasteiger charge is 2.63.